The van der Waals surface area contributed by atoms with E-state index >= 15 is 0 Å². The van der Waals surface area contributed by atoms with Crippen molar-refractivity contribution in [1.82, 2.24) is 14.8 Å². The van der Waals surface area contributed by atoms with Gasteiger partial charge in [0.25, 0.3) is 0 Å². The second kappa shape index (κ2) is 7.80. The average molecular weight is 419 g/mol. The van der Waals surface area contributed by atoms with E-state index in [-0.39, 0.29) is 6.03 Å². The number of pyridine rings is 1. The first-order chi connectivity index (χ1) is 12.7. The lowest BCUT2D eigenvalue weighted by atomic mass is 10.2. The molecule has 0 radical (unpaired) electrons. The number of benzene rings is 1. The number of carbonyl (C=O) groups is 1. The third-order valence-electron chi connectivity index (χ3n) is 5.01. The lowest BCUT2D eigenvalue weighted by Gasteiger charge is -2.32. The molecular formula is C19H23BrN4O2. The average Bonchev–Trinajstić information content (AvgIpc) is 2.94. The number of hydrogen-bond acceptors (Lipinski definition) is 4. The quantitative estimate of drug-likeness (QED) is 0.713. The van der Waals surface area contributed by atoms with Crippen LogP contribution in [0.5, 0.6) is 0 Å². The zero-order valence-corrected chi connectivity index (χ0v) is 16.3. The molecule has 2 aliphatic heterocycles. The smallest absolute Gasteiger partial charge is 0.320 e. The standard InChI is InChI=1S/C19H23BrN4O2/c20-16-4-2-15-3-5-18(21-17(15)14-16)22-6-1-7-23(9-8-22)19(25)24-10-12-26-13-11-24/h2-5,14H,1,6-13H2. The van der Waals surface area contributed by atoms with Crippen molar-refractivity contribution in [2.45, 2.75) is 6.42 Å². The van der Waals surface area contributed by atoms with Crippen molar-refractivity contribution >= 4 is 38.7 Å². The van der Waals surface area contributed by atoms with Gasteiger partial charge in [-0.15, -0.1) is 0 Å². The van der Waals surface area contributed by atoms with Crippen molar-refractivity contribution < 1.29 is 9.53 Å². The van der Waals surface area contributed by atoms with Crippen LogP contribution >= 0.6 is 15.9 Å². The van der Waals surface area contributed by atoms with Gasteiger partial charge in [0.15, 0.2) is 0 Å². The SMILES string of the molecule is O=C(N1CCOCC1)N1CCCN(c2ccc3ccc(Br)cc3n2)CC1. The molecule has 2 fully saturated rings. The molecule has 0 aliphatic carbocycles. The first-order valence-corrected chi connectivity index (χ1v) is 9.93. The molecule has 138 valence electrons. The Bertz CT molecular complexity index is 794. The van der Waals surface area contributed by atoms with Crippen LogP contribution in [0.2, 0.25) is 0 Å². The Morgan fingerprint density at radius 1 is 0.962 bits per heavy atom. The van der Waals surface area contributed by atoms with Crippen molar-refractivity contribution in [2.24, 2.45) is 0 Å². The highest BCUT2D eigenvalue weighted by atomic mass is 79.9. The molecule has 3 heterocycles. The van der Waals surface area contributed by atoms with Gasteiger partial charge < -0.3 is 19.4 Å². The lowest BCUT2D eigenvalue weighted by Crippen LogP contribution is -2.49. The van der Waals surface area contributed by atoms with Gasteiger partial charge in [-0.25, -0.2) is 9.78 Å². The summed E-state index contributed by atoms with van der Waals surface area (Å²) in [5.74, 6) is 0.983. The first kappa shape index (κ1) is 17.5. The van der Waals surface area contributed by atoms with Crippen LogP contribution in [0, 0.1) is 0 Å². The molecule has 0 N–H and O–H groups in total. The van der Waals surface area contributed by atoms with Crippen LogP contribution in [0.4, 0.5) is 10.6 Å². The number of carbonyl (C=O) groups excluding carboxylic acids is 1. The van der Waals surface area contributed by atoms with E-state index < -0.39 is 0 Å². The largest absolute Gasteiger partial charge is 0.378 e. The van der Waals surface area contributed by atoms with Gasteiger partial charge in [0.1, 0.15) is 5.82 Å². The summed E-state index contributed by atoms with van der Waals surface area (Å²) >= 11 is 3.52. The summed E-state index contributed by atoms with van der Waals surface area (Å²) in [6.07, 6.45) is 0.953. The summed E-state index contributed by atoms with van der Waals surface area (Å²) in [4.78, 5) is 23.7. The van der Waals surface area contributed by atoms with Gasteiger partial charge in [-0.3, -0.25) is 0 Å². The van der Waals surface area contributed by atoms with Gasteiger partial charge in [-0.2, -0.15) is 0 Å². The molecule has 0 spiro atoms. The molecule has 26 heavy (non-hydrogen) atoms. The third kappa shape index (κ3) is 3.78. The fourth-order valence-corrected chi connectivity index (χ4v) is 3.90. The Morgan fingerprint density at radius 2 is 1.73 bits per heavy atom. The number of urea groups is 1. The molecule has 2 aliphatic rings. The van der Waals surface area contributed by atoms with E-state index in [2.05, 4.69) is 39.0 Å². The molecule has 0 bridgehead atoms. The van der Waals surface area contributed by atoms with E-state index in [1.807, 2.05) is 21.9 Å². The van der Waals surface area contributed by atoms with Crippen LogP contribution in [-0.4, -0.2) is 73.3 Å². The highest BCUT2D eigenvalue weighted by Crippen LogP contribution is 2.22. The molecule has 2 aromatic rings. The molecule has 2 amide bonds. The number of nitrogens with zero attached hydrogens (tertiary/aromatic N) is 4. The maximum Gasteiger partial charge on any atom is 0.320 e. The van der Waals surface area contributed by atoms with Crippen LogP contribution in [0.15, 0.2) is 34.8 Å². The van der Waals surface area contributed by atoms with E-state index in [4.69, 9.17) is 9.72 Å². The zero-order valence-electron chi connectivity index (χ0n) is 14.7. The Kier molecular flexibility index (Phi) is 5.26. The molecule has 2 saturated heterocycles. The number of hydrogen-bond donors (Lipinski definition) is 0. The van der Waals surface area contributed by atoms with Gasteiger partial charge >= 0.3 is 6.03 Å². The van der Waals surface area contributed by atoms with Gasteiger partial charge in [0, 0.05) is 49.1 Å². The van der Waals surface area contributed by atoms with E-state index in [0.717, 1.165) is 53.8 Å². The van der Waals surface area contributed by atoms with Crippen LogP contribution in [0.3, 0.4) is 0 Å². The normalized spacial score (nSPS) is 18.9. The summed E-state index contributed by atoms with van der Waals surface area (Å²) in [6.45, 7) is 5.92. The van der Waals surface area contributed by atoms with Crippen molar-refractivity contribution in [3.63, 3.8) is 0 Å². The number of halogens is 1. The Hall–Kier alpha value is -1.86. The number of fused-ring (bicyclic) bond motifs is 1. The summed E-state index contributed by atoms with van der Waals surface area (Å²) in [5.41, 5.74) is 0.988. The second-order valence-electron chi connectivity index (χ2n) is 6.72. The highest BCUT2D eigenvalue weighted by Gasteiger charge is 2.25. The number of anilines is 1. The molecule has 1 aromatic carbocycles. The summed E-state index contributed by atoms with van der Waals surface area (Å²) in [7, 11) is 0. The van der Waals surface area contributed by atoms with Crippen molar-refractivity contribution in [3.8, 4) is 0 Å². The van der Waals surface area contributed by atoms with Crippen molar-refractivity contribution in [1.29, 1.82) is 0 Å². The number of rotatable bonds is 1. The highest BCUT2D eigenvalue weighted by molar-refractivity contribution is 9.10. The molecule has 4 rings (SSSR count). The number of morpholine rings is 1. The van der Waals surface area contributed by atoms with E-state index in [1.165, 1.54) is 0 Å². The Labute approximate surface area is 161 Å². The maximum absolute atomic E-state index is 12.7. The molecule has 0 saturated carbocycles. The minimum Gasteiger partial charge on any atom is -0.378 e. The van der Waals surface area contributed by atoms with Gasteiger partial charge in [0.05, 0.1) is 18.7 Å². The third-order valence-corrected chi connectivity index (χ3v) is 5.50. The summed E-state index contributed by atoms with van der Waals surface area (Å²) in [6, 6.07) is 10.5. The van der Waals surface area contributed by atoms with Crippen LogP contribution in [0.1, 0.15) is 6.42 Å². The molecular weight excluding hydrogens is 396 g/mol. The molecule has 7 heteroatoms. The fraction of sp³-hybridized carbons (Fsp3) is 0.474. The maximum atomic E-state index is 12.7. The van der Waals surface area contributed by atoms with Gasteiger partial charge in [-0.05, 0) is 30.7 Å². The summed E-state index contributed by atoms with van der Waals surface area (Å²) in [5, 5.41) is 1.14. The molecule has 6 nitrogen and oxygen atoms in total. The number of amides is 2. The van der Waals surface area contributed by atoms with Crippen LogP contribution in [0.25, 0.3) is 10.9 Å². The Balaban J connectivity index is 1.45. The van der Waals surface area contributed by atoms with E-state index in [1.54, 1.807) is 0 Å². The predicted octanol–water partition coefficient (Wildman–Crippen LogP) is 2.96. The van der Waals surface area contributed by atoms with Gasteiger partial charge in [-0.1, -0.05) is 22.0 Å². The predicted molar refractivity (Wildman–Crippen MR) is 106 cm³/mol. The first-order valence-electron chi connectivity index (χ1n) is 9.13. The second-order valence-corrected chi connectivity index (χ2v) is 7.63. The van der Waals surface area contributed by atoms with Crippen molar-refractivity contribution in [3.05, 3.63) is 34.8 Å². The van der Waals surface area contributed by atoms with Crippen molar-refractivity contribution in [2.75, 3.05) is 57.4 Å². The monoisotopic (exact) mass is 418 g/mol. The van der Waals surface area contributed by atoms with Crippen LogP contribution < -0.4 is 4.90 Å². The zero-order chi connectivity index (χ0) is 17.9. The minimum atomic E-state index is 0.144. The van der Waals surface area contributed by atoms with Gasteiger partial charge in [0.2, 0.25) is 0 Å². The molecule has 0 atom stereocenters. The topological polar surface area (TPSA) is 48.9 Å². The number of aromatic nitrogens is 1. The molecule has 0 unspecified atom stereocenters. The van der Waals surface area contributed by atoms with Crippen LogP contribution in [-0.2, 0) is 4.74 Å². The fourth-order valence-electron chi connectivity index (χ4n) is 3.55. The summed E-state index contributed by atoms with van der Waals surface area (Å²) < 4.78 is 6.38. The van der Waals surface area contributed by atoms with E-state index in [9.17, 15) is 4.79 Å². The Morgan fingerprint density at radius 3 is 2.58 bits per heavy atom. The lowest BCUT2D eigenvalue weighted by molar-refractivity contribution is 0.0438. The molecule has 1 aromatic heterocycles. The number of ether oxygens (including phenoxy) is 1. The van der Waals surface area contributed by atoms with E-state index in [0.29, 0.717) is 26.3 Å². The minimum absolute atomic E-state index is 0.144.